The SMILES string of the molecule is CCCCCCCCCCCCCC(=O)N[C@H](CSC[C@H](O)CO)C(=O)OC(c1ccccc1)c1ccccc1. The number of unbranched alkanes of at least 4 members (excludes halogenated alkanes) is 10. The predicted octanol–water partition coefficient (Wildman–Crippen LogP) is 6.59. The number of hydrogen-bond donors (Lipinski definition) is 3. The van der Waals surface area contributed by atoms with Gasteiger partial charge in [0.25, 0.3) is 0 Å². The maximum Gasteiger partial charge on any atom is 0.330 e. The van der Waals surface area contributed by atoms with E-state index in [1.807, 2.05) is 60.7 Å². The van der Waals surface area contributed by atoms with Gasteiger partial charge in [-0.1, -0.05) is 132 Å². The minimum Gasteiger partial charge on any atom is -0.451 e. The molecule has 2 rings (SSSR count). The number of ether oxygens (including phenoxy) is 1. The van der Waals surface area contributed by atoms with Gasteiger partial charge in [-0.2, -0.15) is 11.8 Å². The van der Waals surface area contributed by atoms with Crippen molar-refractivity contribution >= 4 is 23.6 Å². The van der Waals surface area contributed by atoms with Gasteiger partial charge in [0.2, 0.25) is 5.91 Å². The molecule has 0 unspecified atom stereocenters. The largest absolute Gasteiger partial charge is 0.451 e. The third kappa shape index (κ3) is 14.3. The summed E-state index contributed by atoms with van der Waals surface area (Å²) in [6, 6.07) is 18.2. The molecule has 222 valence electrons. The Bertz CT molecular complexity index is 887. The highest BCUT2D eigenvalue weighted by Crippen LogP contribution is 2.26. The van der Waals surface area contributed by atoms with Crippen molar-refractivity contribution in [2.75, 3.05) is 18.1 Å². The van der Waals surface area contributed by atoms with E-state index in [1.165, 1.54) is 63.1 Å². The van der Waals surface area contributed by atoms with E-state index in [2.05, 4.69) is 12.2 Å². The number of carbonyl (C=O) groups excluding carboxylic acids is 2. The molecule has 40 heavy (non-hydrogen) atoms. The molecule has 2 aromatic rings. The molecule has 0 fully saturated rings. The van der Waals surface area contributed by atoms with Gasteiger partial charge in [-0.05, 0) is 17.5 Å². The number of aliphatic hydroxyl groups excluding tert-OH is 2. The summed E-state index contributed by atoms with van der Waals surface area (Å²) in [6.07, 6.45) is 12.2. The Balaban J connectivity index is 1.87. The van der Waals surface area contributed by atoms with Gasteiger partial charge in [0, 0.05) is 17.9 Å². The topological polar surface area (TPSA) is 95.9 Å². The number of thioether (sulfide) groups is 1. The highest BCUT2D eigenvalue weighted by Gasteiger charge is 2.27. The minimum absolute atomic E-state index is 0.169. The van der Waals surface area contributed by atoms with Crippen LogP contribution >= 0.6 is 11.8 Å². The molecule has 2 aromatic carbocycles. The van der Waals surface area contributed by atoms with Gasteiger partial charge in [0.15, 0.2) is 6.10 Å². The van der Waals surface area contributed by atoms with Crippen LogP contribution < -0.4 is 5.32 Å². The summed E-state index contributed by atoms with van der Waals surface area (Å²) >= 11 is 1.30. The average molecular weight is 572 g/mol. The summed E-state index contributed by atoms with van der Waals surface area (Å²) in [7, 11) is 0. The second-order valence-electron chi connectivity index (χ2n) is 10.4. The molecule has 7 heteroatoms. The summed E-state index contributed by atoms with van der Waals surface area (Å²) in [4.78, 5) is 26.2. The van der Waals surface area contributed by atoms with Crippen molar-refractivity contribution in [3.8, 4) is 0 Å². The molecule has 0 radical (unpaired) electrons. The summed E-state index contributed by atoms with van der Waals surface area (Å²) in [5, 5.41) is 21.7. The zero-order valence-electron chi connectivity index (χ0n) is 24.1. The standard InChI is InChI=1S/C33H49NO5S/c1-2-3-4-5-6-7-8-9-10-11-18-23-31(37)34-30(26-40-25-29(36)24-35)33(38)39-32(27-19-14-12-15-20-27)28-21-16-13-17-22-28/h12-17,19-22,29-30,32,35-36H,2-11,18,23-26H2,1H3,(H,34,37)/t29-,30-/m1/s1. The molecular weight excluding hydrogens is 522 g/mol. The van der Waals surface area contributed by atoms with E-state index >= 15 is 0 Å². The van der Waals surface area contributed by atoms with Gasteiger partial charge >= 0.3 is 5.97 Å². The van der Waals surface area contributed by atoms with Gasteiger partial charge < -0.3 is 20.3 Å². The predicted molar refractivity (Wildman–Crippen MR) is 164 cm³/mol. The monoisotopic (exact) mass is 571 g/mol. The Morgan fingerprint density at radius 3 is 1.77 bits per heavy atom. The first-order valence-electron chi connectivity index (χ1n) is 15.0. The molecule has 0 aliphatic rings. The number of benzene rings is 2. The normalized spacial score (nSPS) is 12.7. The summed E-state index contributed by atoms with van der Waals surface area (Å²) in [5.41, 5.74) is 1.69. The number of aliphatic hydroxyl groups is 2. The first kappa shape index (κ1) is 33.9. The van der Waals surface area contributed by atoms with Crippen molar-refractivity contribution in [2.24, 2.45) is 0 Å². The maximum absolute atomic E-state index is 13.4. The van der Waals surface area contributed by atoms with Crippen molar-refractivity contribution in [2.45, 2.75) is 102 Å². The van der Waals surface area contributed by atoms with Gasteiger partial charge in [0.1, 0.15) is 6.04 Å². The molecule has 2 atom stereocenters. The molecule has 0 heterocycles. The Morgan fingerprint density at radius 1 is 0.775 bits per heavy atom. The van der Waals surface area contributed by atoms with E-state index in [-0.39, 0.29) is 24.0 Å². The van der Waals surface area contributed by atoms with Crippen LogP contribution in [0.15, 0.2) is 60.7 Å². The Kier molecular flexibility index (Phi) is 18.1. The summed E-state index contributed by atoms with van der Waals surface area (Å²) in [6.45, 7) is 1.89. The van der Waals surface area contributed by atoms with Crippen LogP contribution in [0.3, 0.4) is 0 Å². The van der Waals surface area contributed by atoms with Crippen molar-refractivity contribution in [1.82, 2.24) is 5.32 Å². The second-order valence-corrected chi connectivity index (χ2v) is 11.5. The second kappa shape index (κ2) is 21.4. The fourth-order valence-corrected chi connectivity index (χ4v) is 5.51. The third-order valence-corrected chi connectivity index (χ3v) is 8.06. The first-order valence-corrected chi connectivity index (χ1v) is 16.2. The van der Waals surface area contributed by atoms with E-state index in [9.17, 15) is 14.7 Å². The molecule has 0 aliphatic heterocycles. The molecule has 0 saturated carbocycles. The zero-order chi connectivity index (χ0) is 28.8. The molecule has 0 saturated heterocycles. The number of nitrogens with one attached hydrogen (secondary N) is 1. The quantitative estimate of drug-likeness (QED) is 0.109. The third-order valence-electron chi connectivity index (χ3n) is 6.87. The highest BCUT2D eigenvalue weighted by atomic mass is 32.2. The summed E-state index contributed by atoms with van der Waals surface area (Å²) < 4.78 is 6.00. The molecule has 3 N–H and O–H groups in total. The lowest BCUT2D eigenvalue weighted by Gasteiger charge is -2.23. The van der Waals surface area contributed by atoms with Crippen LogP contribution in [0.5, 0.6) is 0 Å². The molecule has 0 bridgehead atoms. The van der Waals surface area contributed by atoms with E-state index in [1.54, 1.807) is 0 Å². The number of carbonyl (C=O) groups is 2. The van der Waals surface area contributed by atoms with Gasteiger partial charge in [-0.25, -0.2) is 4.79 Å². The average Bonchev–Trinajstić information content (AvgIpc) is 2.98. The lowest BCUT2D eigenvalue weighted by Crippen LogP contribution is -2.44. The number of rotatable bonds is 22. The van der Waals surface area contributed by atoms with Crippen LogP contribution in [0.1, 0.15) is 101 Å². The summed E-state index contributed by atoms with van der Waals surface area (Å²) in [5.74, 6) is -0.181. The van der Waals surface area contributed by atoms with Crippen LogP contribution in [0.2, 0.25) is 0 Å². The lowest BCUT2D eigenvalue weighted by atomic mass is 10.0. The Hall–Kier alpha value is -2.35. The Labute approximate surface area is 245 Å². The molecule has 0 spiro atoms. The first-order chi connectivity index (χ1) is 19.5. The number of hydrogen-bond acceptors (Lipinski definition) is 6. The van der Waals surface area contributed by atoms with Gasteiger partial charge in [-0.3, -0.25) is 4.79 Å². The van der Waals surface area contributed by atoms with E-state index in [4.69, 9.17) is 9.84 Å². The zero-order valence-corrected chi connectivity index (χ0v) is 25.0. The van der Waals surface area contributed by atoms with Crippen LogP contribution in [0.25, 0.3) is 0 Å². The smallest absolute Gasteiger partial charge is 0.330 e. The van der Waals surface area contributed by atoms with Crippen LogP contribution in [0, 0.1) is 0 Å². The number of amides is 1. The van der Waals surface area contributed by atoms with Crippen molar-refractivity contribution in [1.29, 1.82) is 0 Å². The number of esters is 1. The van der Waals surface area contributed by atoms with Crippen LogP contribution in [-0.2, 0) is 14.3 Å². The molecule has 6 nitrogen and oxygen atoms in total. The van der Waals surface area contributed by atoms with Crippen molar-refractivity contribution < 1.29 is 24.5 Å². The van der Waals surface area contributed by atoms with Crippen molar-refractivity contribution in [3.05, 3.63) is 71.8 Å². The maximum atomic E-state index is 13.4. The van der Waals surface area contributed by atoms with E-state index in [0.29, 0.717) is 6.42 Å². The van der Waals surface area contributed by atoms with Gasteiger partial charge in [-0.15, -0.1) is 0 Å². The highest BCUT2D eigenvalue weighted by molar-refractivity contribution is 7.99. The van der Waals surface area contributed by atoms with Crippen molar-refractivity contribution in [3.63, 3.8) is 0 Å². The molecule has 1 amide bonds. The molecule has 0 aromatic heterocycles. The minimum atomic E-state index is -0.880. The fraction of sp³-hybridized carbons (Fsp3) is 0.576. The van der Waals surface area contributed by atoms with E-state index in [0.717, 1.165) is 30.4 Å². The Morgan fingerprint density at radius 2 is 1.27 bits per heavy atom. The lowest BCUT2D eigenvalue weighted by molar-refractivity contribution is -0.151. The van der Waals surface area contributed by atoms with Crippen LogP contribution in [-0.4, -0.2) is 52.3 Å². The molecule has 0 aliphatic carbocycles. The van der Waals surface area contributed by atoms with E-state index < -0.39 is 24.2 Å². The fourth-order valence-electron chi connectivity index (χ4n) is 4.54. The van der Waals surface area contributed by atoms with Gasteiger partial charge in [0.05, 0.1) is 12.7 Å². The molecular formula is C33H49NO5S. The van der Waals surface area contributed by atoms with Crippen LogP contribution in [0.4, 0.5) is 0 Å².